The fourth-order valence-corrected chi connectivity index (χ4v) is 1.75. The van der Waals surface area contributed by atoms with Crippen molar-refractivity contribution in [3.63, 3.8) is 0 Å². The van der Waals surface area contributed by atoms with Gasteiger partial charge in [0.1, 0.15) is 11.3 Å². The Labute approximate surface area is 127 Å². The molecule has 0 bridgehead atoms. The van der Waals surface area contributed by atoms with Gasteiger partial charge in [0.25, 0.3) is 5.91 Å². The first kappa shape index (κ1) is 15.8. The van der Waals surface area contributed by atoms with Gasteiger partial charge in [-0.2, -0.15) is 0 Å². The number of hydrogen-bond acceptors (Lipinski definition) is 5. The number of benzene rings is 1. The molecule has 0 heterocycles. The van der Waals surface area contributed by atoms with Crippen molar-refractivity contribution >= 4 is 17.9 Å². The summed E-state index contributed by atoms with van der Waals surface area (Å²) in [5, 5.41) is 14.4. The maximum atomic E-state index is 11.9. The number of imide groups is 1. The molecule has 22 heavy (non-hydrogen) atoms. The lowest BCUT2D eigenvalue weighted by molar-refractivity contribution is -0.127. The highest BCUT2D eigenvalue weighted by molar-refractivity contribution is 5.99. The van der Waals surface area contributed by atoms with Gasteiger partial charge in [0, 0.05) is 6.04 Å². The van der Waals surface area contributed by atoms with Crippen molar-refractivity contribution in [3.05, 3.63) is 29.3 Å². The molecule has 0 radical (unpaired) electrons. The molecule has 1 atom stereocenters. The standard InChI is InChI=1S/C15H18N2O5/c1-8-3-6-11(12(18)7-8)14(20)22-9(2)13(19)17-15(21)16-10-4-5-10/h3,6-7,9-10,18H,4-5H2,1-2H3,(H2,16,17,19,21)/t9-/m0/s1. The minimum atomic E-state index is -1.15. The van der Waals surface area contributed by atoms with Crippen LogP contribution in [0.25, 0.3) is 0 Å². The average molecular weight is 306 g/mol. The number of aryl methyl sites for hydroxylation is 1. The van der Waals surface area contributed by atoms with Crippen molar-refractivity contribution in [2.75, 3.05) is 0 Å². The van der Waals surface area contributed by atoms with E-state index in [-0.39, 0.29) is 17.4 Å². The fraction of sp³-hybridized carbons (Fsp3) is 0.400. The number of ether oxygens (including phenoxy) is 1. The van der Waals surface area contributed by atoms with Crippen LogP contribution in [-0.4, -0.2) is 35.2 Å². The van der Waals surface area contributed by atoms with Crippen LogP contribution in [0.2, 0.25) is 0 Å². The third kappa shape index (κ3) is 4.21. The Morgan fingerprint density at radius 3 is 2.59 bits per heavy atom. The first-order valence-electron chi connectivity index (χ1n) is 6.99. The minimum absolute atomic E-state index is 0.0346. The SMILES string of the molecule is Cc1ccc(C(=O)O[C@@H](C)C(=O)NC(=O)NC2CC2)c(O)c1. The van der Waals surface area contributed by atoms with Crippen molar-refractivity contribution in [3.8, 4) is 5.75 Å². The quantitative estimate of drug-likeness (QED) is 0.726. The van der Waals surface area contributed by atoms with Crippen molar-refractivity contribution in [1.82, 2.24) is 10.6 Å². The molecule has 0 unspecified atom stereocenters. The molecular formula is C15H18N2O5. The van der Waals surface area contributed by atoms with Crippen molar-refractivity contribution < 1.29 is 24.2 Å². The number of amides is 3. The molecular weight excluding hydrogens is 288 g/mol. The van der Waals surface area contributed by atoms with E-state index in [2.05, 4.69) is 10.6 Å². The number of urea groups is 1. The summed E-state index contributed by atoms with van der Waals surface area (Å²) in [5.41, 5.74) is 0.754. The van der Waals surface area contributed by atoms with E-state index in [9.17, 15) is 19.5 Å². The van der Waals surface area contributed by atoms with Crippen LogP contribution in [0.3, 0.4) is 0 Å². The molecule has 0 aliphatic heterocycles. The Balaban J connectivity index is 1.89. The Morgan fingerprint density at radius 1 is 1.32 bits per heavy atom. The van der Waals surface area contributed by atoms with Crippen molar-refractivity contribution in [1.29, 1.82) is 0 Å². The maximum absolute atomic E-state index is 11.9. The number of carbonyl (C=O) groups excluding carboxylic acids is 3. The number of hydrogen-bond donors (Lipinski definition) is 3. The molecule has 7 heteroatoms. The molecule has 1 fully saturated rings. The molecule has 3 amide bonds. The third-order valence-electron chi connectivity index (χ3n) is 3.18. The Kier molecular flexibility index (Phi) is 4.65. The predicted molar refractivity (Wildman–Crippen MR) is 77.4 cm³/mol. The van der Waals surface area contributed by atoms with Gasteiger partial charge in [-0.3, -0.25) is 10.1 Å². The third-order valence-corrected chi connectivity index (χ3v) is 3.18. The summed E-state index contributed by atoms with van der Waals surface area (Å²) in [6.07, 6.45) is 0.649. The van der Waals surface area contributed by atoms with Crippen LogP contribution in [0, 0.1) is 6.92 Å². The number of nitrogens with one attached hydrogen (secondary N) is 2. The van der Waals surface area contributed by atoms with E-state index in [1.165, 1.54) is 19.1 Å². The van der Waals surface area contributed by atoms with E-state index in [0.717, 1.165) is 18.4 Å². The van der Waals surface area contributed by atoms with Crippen molar-refractivity contribution in [2.45, 2.75) is 38.8 Å². The molecule has 1 aromatic rings. The zero-order valence-electron chi connectivity index (χ0n) is 12.4. The van der Waals surface area contributed by atoms with Gasteiger partial charge in [-0.25, -0.2) is 9.59 Å². The highest BCUT2D eigenvalue weighted by atomic mass is 16.5. The van der Waals surface area contributed by atoms with Gasteiger partial charge < -0.3 is 15.2 Å². The summed E-state index contributed by atoms with van der Waals surface area (Å²) in [7, 11) is 0. The first-order chi connectivity index (χ1) is 10.4. The molecule has 1 saturated carbocycles. The van der Waals surface area contributed by atoms with Gasteiger partial charge in [0.15, 0.2) is 6.10 Å². The number of esters is 1. The van der Waals surface area contributed by atoms with E-state index >= 15 is 0 Å². The fourth-order valence-electron chi connectivity index (χ4n) is 1.75. The van der Waals surface area contributed by atoms with Gasteiger partial charge in [-0.15, -0.1) is 0 Å². The zero-order chi connectivity index (χ0) is 16.3. The number of aromatic hydroxyl groups is 1. The van der Waals surface area contributed by atoms with Crippen LogP contribution in [0.4, 0.5) is 4.79 Å². The predicted octanol–water partition coefficient (Wildman–Crippen LogP) is 1.23. The lowest BCUT2D eigenvalue weighted by atomic mass is 10.1. The van der Waals surface area contributed by atoms with Crippen LogP contribution in [0.15, 0.2) is 18.2 Å². The summed E-state index contributed by atoms with van der Waals surface area (Å²) >= 11 is 0. The lowest BCUT2D eigenvalue weighted by Crippen LogP contribution is -2.45. The van der Waals surface area contributed by atoms with E-state index < -0.39 is 24.0 Å². The summed E-state index contributed by atoms with van der Waals surface area (Å²) in [6, 6.07) is 4.00. The average Bonchev–Trinajstić information content (AvgIpc) is 3.21. The van der Waals surface area contributed by atoms with Gasteiger partial charge in [0.2, 0.25) is 0 Å². The zero-order valence-corrected chi connectivity index (χ0v) is 12.4. The monoisotopic (exact) mass is 306 g/mol. The van der Waals surface area contributed by atoms with Gasteiger partial charge in [0.05, 0.1) is 0 Å². The second-order valence-corrected chi connectivity index (χ2v) is 5.31. The van der Waals surface area contributed by atoms with Gasteiger partial charge in [-0.05, 0) is 44.4 Å². The van der Waals surface area contributed by atoms with E-state index in [4.69, 9.17) is 4.74 Å². The molecule has 118 valence electrons. The van der Waals surface area contributed by atoms with Gasteiger partial charge >= 0.3 is 12.0 Å². The molecule has 1 aliphatic rings. The van der Waals surface area contributed by atoms with Crippen molar-refractivity contribution in [2.24, 2.45) is 0 Å². The summed E-state index contributed by atoms with van der Waals surface area (Å²) < 4.78 is 4.95. The molecule has 2 rings (SSSR count). The molecule has 7 nitrogen and oxygen atoms in total. The maximum Gasteiger partial charge on any atom is 0.342 e. The number of phenols is 1. The smallest absolute Gasteiger partial charge is 0.342 e. The van der Waals surface area contributed by atoms with E-state index in [1.807, 2.05) is 0 Å². The first-order valence-corrected chi connectivity index (χ1v) is 6.99. The van der Waals surface area contributed by atoms with Crippen LogP contribution in [-0.2, 0) is 9.53 Å². The summed E-state index contributed by atoms with van der Waals surface area (Å²) in [4.78, 5) is 35.1. The summed E-state index contributed by atoms with van der Waals surface area (Å²) in [6.45, 7) is 3.12. The van der Waals surface area contributed by atoms with Crippen LogP contribution in [0.1, 0.15) is 35.7 Å². The molecule has 0 aromatic heterocycles. The summed E-state index contributed by atoms with van der Waals surface area (Å²) in [5.74, 6) is -1.77. The van der Waals surface area contributed by atoms with Crippen LogP contribution >= 0.6 is 0 Å². The van der Waals surface area contributed by atoms with E-state index in [0.29, 0.717) is 0 Å². The Hall–Kier alpha value is -2.57. The number of carbonyl (C=O) groups is 3. The molecule has 1 aliphatic carbocycles. The number of rotatable bonds is 4. The van der Waals surface area contributed by atoms with Gasteiger partial charge in [-0.1, -0.05) is 6.07 Å². The molecule has 0 saturated heterocycles. The second-order valence-electron chi connectivity index (χ2n) is 5.31. The van der Waals surface area contributed by atoms with E-state index in [1.54, 1.807) is 13.0 Å². The minimum Gasteiger partial charge on any atom is -0.507 e. The highest BCUT2D eigenvalue weighted by Gasteiger charge is 2.26. The molecule has 0 spiro atoms. The second kappa shape index (κ2) is 6.46. The normalized spacial score (nSPS) is 14.8. The molecule has 3 N–H and O–H groups in total. The van der Waals surface area contributed by atoms with Crippen LogP contribution in [0.5, 0.6) is 5.75 Å². The topological polar surface area (TPSA) is 105 Å². The van der Waals surface area contributed by atoms with Crippen LogP contribution < -0.4 is 10.6 Å². The largest absolute Gasteiger partial charge is 0.507 e. The highest BCUT2D eigenvalue weighted by Crippen LogP contribution is 2.20. The lowest BCUT2D eigenvalue weighted by Gasteiger charge is -2.13. The Morgan fingerprint density at radius 2 is 2.00 bits per heavy atom. The Bertz CT molecular complexity index is 610. The number of phenolic OH excluding ortho intramolecular Hbond substituents is 1. The molecule has 1 aromatic carbocycles.